The van der Waals surface area contributed by atoms with Gasteiger partial charge in [0, 0.05) is 50.1 Å². The number of nitrogens with zero attached hydrogens (tertiary/aromatic N) is 2. The van der Waals surface area contributed by atoms with Crippen molar-refractivity contribution in [2.24, 2.45) is 0 Å². The fourth-order valence-electron chi connectivity index (χ4n) is 3.38. The molecule has 132 valence electrons. The summed E-state index contributed by atoms with van der Waals surface area (Å²) in [5, 5.41) is 3.36. The van der Waals surface area contributed by atoms with Gasteiger partial charge in [0.05, 0.1) is 12.2 Å². The summed E-state index contributed by atoms with van der Waals surface area (Å²) in [5.41, 5.74) is 3.92. The average molecular weight is 360 g/mol. The topological polar surface area (TPSA) is 54.5 Å². The van der Waals surface area contributed by atoms with E-state index in [-0.39, 0.29) is 18.3 Å². The predicted molar refractivity (Wildman–Crippen MR) is 99.5 cm³/mol. The van der Waals surface area contributed by atoms with Crippen molar-refractivity contribution in [1.82, 2.24) is 15.2 Å². The molecule has 1 aromatic heterocycles. The Morgan fingerprint density at radius 3 is 3.00 bits per heavy atom. The molecular weight excluding hydrogens is 338 g/mol. The van der Waals surface area contributed by atoms with Crippen molar-refractivity contribution < 1.29 is 9.53 Å². The smallest absolute Gasteiger partial charge is 0.255 e. The van der Waals surface area contributed by atoms with Crippen LogP contribution in [0.4, 0.5) is 0 Å². The van der Waals surface area contributed by atoms with E-state index in [0.29, 0.717) is 11.6 Å². The highest BCUT2D eigenvalue weighted by Gasteiger charge is 2.22. The summed E-state index contributed by atoms with van der Waals surface area (Å²) in [7, 11) is 0. The molecule has 0 aliphatic carbocycles. The minimum absolute atomic E-state index is 0. The zero-order valence-corrected chi connectivity index (χ0v) is 15.0. The van der Waals surface area contributed by atoms with Gasteiger partial charge in [0.15, 0.2) is 0 Å². The summed E-state index contributed by atoms with van der Waals surface area (Å²) in [6, 6.07) is 8.45. The third kappa shape index (κ3) is 3.62. The summed E-state index contributed by atoms with van der Waals surface area (Å²) in [4.78, 5) is 19.0. The largest absolute Gasteiger partial charge is 0.493 e. The molecule has 2 aliphatic rings. The molecule has 1 N–H and O–H groups in total. The molecule has 25 heavy (non-hydrogen) atoms. The summed E-state index contributed by atoms with van der Waals surface area (Å²) in [5.74, 6) is 1.02. The molecule has 0 bridgehead atoms. The van der Waals surface area contributed by atoms with Crippen molar-refractivity contribution in [3.63, 3.8) is 0 Å². The predicted octanol–water partition coefficient (Wildman–Crippen LogP) is 2.54. The third-order valence-corrected chi connectivity index (χ3v) is 4.66. The van der Waals surface area contributed by atoms with E-state index in [1.807, 2.05) is 29.3 Å². The Morgan fingerprint density at radius 2 is 2.16 bits per heavy atom. The van der Waals surface area contributed by atoms with E-state index < -0.39 is 0 Å². The van der Waals surface area contributed by atoms with Crippen LogP contribution >= 0.6 is 12.4 Å². The molecular formula is C19H22ClN3O2. The highest BCUT2D eigenvalue weighted by molar-refractivity contribution is 5.95. The molecule has 0 unspecified atom stereocenters. The van der Waals surface area contributed by atoms with Crippen molar-refractivity contribution in [2.75, 3.05) is 26.2 Å². The van der Waals surface area contributed by atoms with Crippen molar-refractivity contribution in [3.8, 4) is 16.9 Å². The molecule has 1 fully saturated rings. The number of rotatable bonds is 2. The standard InChI is InChI=1S/C19H21N3O2.ClH/c1-13-12-22(6-5-21-13)19(23)17-9-16(10-20-11-17)14-2-3-18-15(8-14)4-7-24-18;/h2-3,8-11,13,21H,4-7,12H2,1H3;1H/t13-;/m1./s1. The first kappa shape index (κ1) is 17.7. The molecule has 3 heterocycles. The number of ether oxygens (including phenoxy) is 1. The average Bonchev–Trinajstić information content (AvgIpc) is 3.09. The van der Waals surface area contributed by atoms with Gasteiger partial charge in [0.2, 0.25) is 0 Å². The van der Waals surface area contributed by atoms with Gasteiger partial charge in [-0.15, -0.1) is 12.4 Å². The van der Waals surface area contributed by atoms with Gasteiger partial charge >= 0.3 is 0 Å². The lowest BCUT2D eigenvalue weighted by Gasteiger charge is -2.31. The summed E-state index contributed by atoms with van der Waals surface area (Å²) < 4.78 is 5.56. The summed E-state index contributed by atoms with van der Waals surface area (Å²) in [6.45, 7) is 5.16. The van der Waals surface area contributed by atoms with Crippen molar-refractivity contribution in [1.29, 1.82) is 0 Å². The van der Waals surface area contributed by atoms with Crippen LogP contribution in [0.15, 0.2) is 36.7 Å². The Kier molecular flexibility index (Phi) is 5.25. The Hall–Kier alpha value is -2.11. The van der Waals surface area contributed by atoms with Crippen LogP contribution in [-0.4, -0.2) is 48.1 Å². The second kappa shape index (κ2) is 7.42. The van der Waals surface area contributed by atoms with Crippen LogP contribution in [0.3, 0.4) is 0 Å². The molecule has 0 radical (unpaired) electrons. The maximum absolute atomic E-state index is 12.8. The molecule has 0 saturated carbocycles. The lowest BCUT2D eigenvalue weighted by atomic mass is 10.0. The fraction of sp³-hybridized carbons (Fsp3) is 0.368. The Labute approximate surface area is 153 Å². The highest BCUT2D eigenvalue weighted by atomic mass is 35.5. The van der Waals surface area contributed by atoms with E-state index in [1.165, 1.54) is 5.56 Å². The quantitative estimate of drug-likeness (QED) is 0.895. The number of piperazine rings is 1. The molecule has 1 atom stereocenters. The maximum atomic E-state index is 12.8. The number of aromatic nitrogens is 1. The normalized spacial score (nSPS) is 18.9. The van der Waals surface area contributed by atoms with E-state index in [2.05, 4.69) is 23.3 Å². The highest BCUT2D eigenvalue weighted by Crippen LogP contribution is 2.30. The van der Waals surface area contributed by atoms with Gasteiger partial charge in [0.25, 0.3) is 5.91 Å². The van der Waals surface area contributed by atoms with Gasteiger partial charge in [-0.1, -0.05) is 6.07 Å². The molecule has 1 aromatic carbocycles. The van der Waals surface area contributed by atoms with Gasteiger partial charge in [-0.2, -0.15) is 0 Å². The van der Waals surface area contributed by atoms with Crippen LogP contribution < -0.4 is 10.1 Å². The first-order valence-corrected chi connectivity index (χ1v) is 8.44. The lowest BCUT2D eigenvalue weighted by molar-refractivity contribution is 0.0708. The fourth-order valence-corrected chi connectivity index (χ4v) is 3.38. The second-order valence-electron chi connectivity index (χ2n) is 6.49. The molecule has 5 nitrogen and oxygen atoms in total. The number of carbonyl (C=O) groups excluding carboxylic acids is 1. The number of hydrogen-bond acceptors (Lipinski definition) is 4. The van der Waals surface area contributed by atoms with Crippen LogP contribution in [0.2, 0.25) is 0 Å². The van der Waals surface area contributed by atoms with E-state index in [0.717, 1.165) is 49.5 Å². The zero-order chi connectivity index (χ0) is 16.5. The second-order valence-corrected chi connectivity index (χ2v) is 6.49. The first-order valence-electron chi connectivity index (χ1n) is 8.44. The van der Waals surface area contributed by atoms with Gasteiger partial charge in [-0.05, 0) is 36.2 Å². The molecule has 1 amide bonds. The Morgan fingerprint density at radius 1 is 1.28 bits per heavy atom. The van der Waals surface area contributed by atoms with Crippen molar-refractivity contribution in [2.45, 2.75) is 19.4 Å². The van der Waals surface area contributed by atoms with Crippen molar-refractivity contribution >= 4 is 18.3 Å². The zero-order valence-electron chi connectivity index (χ0n) is 14.2. The SMILES string of the molecule is C[C@@H]1CN(C(=O)c2cncc(-c3ccc4c(c3)CCO4)c2)CCN1.Cl. The van der Waals surface area contributed by atoms with E-state index >= 15 is 0 Å². The summed E-state index contributed by atoms with van der Waals surface area (Å²) >= 11 is 0. The molecule has 2 aliphatic heterocycles. The van der Waals surface area contributed by atoms with Crippen LogP contribution in [0, 0.1) is 0 Å². The number of amides is 1. The number of carbonyl (C=O) groups is 1. The molecule has 4 rings (SSSR count). The number of hydrogen-bond donors (Lipinski definition) is 1. The van der Waals surface area contributed by atoms with Gasteiger partial charge in [-0.3, -0.25) is 9.78 Å². The van der Waals surface area contributed by atoms with Gasteiger partial charge in [-0.25, -0.2) is 0 Å². The summed E-state index contributed by atoms with van der Waals surface area (Å²) in [6.07, 6.45) is 4.41. The molecule has 2 aromatic rings. The minimum atomic E-state index is 0. The number of halogens is 1. The number of benzene rings is 1. The van der Waals surface area contributed by atoms with Crippen molar-refractivity contribution in [3.05, 3.63) is 47.8 Å². The molecule has 1 saturated heterocycles. The monoisotopic (exact) mass is 359 g/mol. The molecule has 6 heteroatoms. The maximum Gasteiger partial charge on any atom is 0.255 e. The minimum Gasteiger partial charge on any atom is -0.493 e. The molecule has 0 spiro atoms. The van der Waals surface area contributed by atoms with Crippen LogP contribution in [0.25, 0.3) is 11.1 Å². The van der Waals surface area contributed by atoms with E-state index in [1.54, 1.807) is 6.20 Å². The number of pyridine rings is 1. The van der Waals surface area contributed by atoms with E-state index in [4.69, 9.17) is 4.74 Å². The number of fused-ring (bicyclic) bond motifs is 1. The van der Waals surface area contributed by atoms with Crippen LogP contribution in [0.5, 0.6) is 5.75 Å². The van der Waals surface area contributed by atoms with Gasteiger partial charge < -0.3 is 15.0 Å². The Balaban J connectivity index is 0.00000182. The number of nitrogens with one attached hydrogen (secondary N) is 1. The van der Waals surface area contributed by atoms with Crippen LogP contribution in [0.1, 0.15) is 22.8 Å². The van der Waals surface area contributed by atoms with Crippen LogP contribution in [-0.2, 0) is 6.42 Å². The lowest BCUT2D eigenvalue weighted by Crippen LogP contribution is -2.51. The first-order chi connectivity index (χ1) is 11.7. The third-order valence-electron chi connectivity index (χ3n) is 4.66. The van der Waals surface area contributed by atoms with Gasteiger partial charge in [0.1, 0.15) is 5.75 Å². The van der Waals surface area contributed by atoms with E-state index in [9.17, 15) is 4.79 Å². The Bertz CT molecular complexity index is 781.